The van der Waals surface area contributed by atoms with Gasteiger partial charge in [-0.3, -0.25) is 0 Å². The van der Waals surface area contributed by atoms with E-state index in [4.69, 9.17) is 4.74 Å². The summed E-state index contributed by atoms with van der Waals surface area (Å²) in [5.41, 5.74) is 7.53. The lowest BCUT2D eigenvalue weighted by molar-refractivity contribution is -0.129. The van der Waals surface area contributed by atoms with Gasteiger partial charge in [0, 0.05) is 11.5 Å². The number of carbonyl (C=O) groups is 1. The third-order valence-corrected chi connectivity index (χ3v) is 7.58. The topological polar surface area (TPSA) is 26.3 Å². The van der Waals surface area contributed by atoms with Crippen LogP contribution in [0.5, 0.6) is 5.75 Å². The molecule has 2 heteroatoms. The Hall–Kier alpha value is -3.39. The van der Waals surface area contributed by atoms with Crippen molar-refractivity contribution in [3.05, 3.63) is 119 Å². The molecule has 1 aromatic carbocycles. The molecule has 0 unspecified atom stereocenters. The first-order chi connectivity index (χ1) is 18.8. The van der Waals surface area contributed by atoms with Gasteiger partial charge in [-0.2, -0.15) is 0 Å². The number of allylic oxidation sites excluding steroid dienone is 13. The quantitative estimate of drug-likeness (QED) is 0.0869. The minimum Gasteiger partial charge on any atom is -0.423 e. The van der Waals surface area contributed by atoms with Crippen LogP contribution in [0.1, 0.15) is 93.1 Å². The molecule has 0 aromatic heterocycles. The molecule has 2 nitrogen and oxygen atoms in total. The molecule has 0 N–H and O–H groups in total. The third-order valence-electron chi connectivity index (χ3n) is 7.58. The average molecular weight is 539 g/mol. The Balaban J connectivity index is 1.93. The molecule has 0 fully saturated rings. The van der Waals surface area contributed by atoms with E-state index in [1.54, 1.807) is 0 Å². The van der Waals surface area contributed by atoms with E-state index in [0.717, 1.165) is 24.0 Å². The van der Waals surface area contributed by atoms with Crippen molar-refractivity contribution < 1.29 is 9.53 Å². The number of benzene rings is 1. The summed E-state index contributed by atoms with van der Waals surface area (Å²) in [5, 5.41) is 0. The second-order valence-electron chi connectivity index (χ2n) is 12.3. The van der Waals surface area contributed by atoms with E-state index in [1.807, 2.05) is 49.4 Å². The Morgan fingerprint density at radius 3 is 2.38 bits per heavy atom. The first kappa shape index (κ1) is 32.8. The van der Waals surface area contributed by atoms with Gasteiger partial charge in [-0.25, -0.2) is 4.79 Å². The van der Waals surface area contributed by atoms with Crippen LogP contribution in [0.25, 0.3) is 6.08 Å². The van der Waals surface area contributed by atoms with Crippen molar-refractivity contribution in [1.82, 2.24) is 0 Å². The van der Waals surface area contributed by atoms with Crippen molar-refractivity contribution in [2.45, 2.75) is 87.5 Å². The molecule has 0 amide bonds. The molecule has 1 aliphatic rings. The van der Waals surface area contributed by atoms with Crippen LogP contribution in [0.2, 0.25) is 0 Å². The van der Waals surface area contributed by atoms with E-state index >= 15 is 0 Å². The summed E-state index contributed by atoms with van der Waals surface area (Å²) in [6, 6.07) is 7.58. The van der Waals surface area contributed by atoms with Gasteiger partial charge in [-0.1, -0.05) is 104 Å². The van der Waals surface area contributed by atoms with Gasteiger partial charge >= 0.3 is 5.97 Å². The van der Waals surface area contributed by atoms with Gasteiger partial charge in [0.1, 0.15) is 5.75 Å². The lowest BCUT2D eigenvalue weighted by atomic mass is 9.72. The lowest BCUT2D eigenvalue weighted by Crippen LogP contribution is -2.19. The van der Waals surface area contributed by atoms with Gasteiger partial charge in [0.2, 0.25) is 0 Å². The molecule has 0 aliphatic heterocycles. The highest BCUT2D eigenvalue weighted by molar-refractivity contribution is 5.85. The third kappa shape index (κ3) is 11.4. The van der Waals surface area contributed by atoms with E-state index in [2.05, 4.69) is 91.5 Å². The average Bonchev–Trinajstić information content (AvgIpc) is 2.87. The SMILES string of the molecule is C=C[C@](C)(/C=C/c1ccc(OC(=O)/C=C(C)/C=C/C=C(C)/C=C/C2=C(C)CCCC2(C)C)cc1)CCC=C(C)C. The number of hydrogen-bond acceptors (Lipinski definition) is 2. The Labute approximate surface area is 244 Å². The highest BCUT2D eigenvalue weighted by Crippen LogP contribution is 2.40. The Morgan fingerprint density at radius 1 is 1.05 bits per heavy atom. The predicted octanol–water partition coefficient (Wildman–Crippen LogP) is 11.1. The zero-order valence-electron chi connectivity index (χ0n) is 26.1. The summed E-state index contributed by atoms with van der Waals surface area (Å²) in [6.45, 7) is 21.4. The fourth-order valence-electron chi connectivity index (χ4n) is 4.87. The maximum Gasteiger partial charge on any atom is 0.336 e. The largest absolute Gasteiger partial charge is 0.423 e. The Morgan fingerprint density at radius 2 is 1.75 bits per heavy atom. The molecular formula is C38H50O2. The van der Waals surface area contributed by atoms with Crippen molar-refractivity contribution in [1.29, 1.82) is 0 Å². The second-order valence-corrected chi connectivity index (χ2v) is 12.3. The van der Waals surface area contributed by atoms with Crippen molar-refractivity contribution >= 4 is 12.0 Å². The highest BCUT2D eigenvalue weighted by Gasteiger charge is 2.26. The summed E-state index contributed by atoms with van der Waals surface area (Å²) in [6.07, 6.45) is 26.3. The van der Waals surface area contributed by atoms with Crippen LogP contribution in [0, 0.1) is 10.8 Å². The van der Waals surface area contributed by atoms with Crippen LogP contribution in [-0.2, 0) is 4.79 Å². The number of ether oxygens (including phenoxy) is 1. The van der Waals surface area contributed by atoms with Crippen LogP contribution >= 0.6 is 0 Å². The summed E-state index contributed by atoms with van der Waals surface area (Å²) >= 11 is 0. The molecule has 0 bridgehead atoms. The molecule has 2 rings (SSSR count). The Bertz CT molecular complexity index is 1230. The number of hydrogen-bond donors (Lipinski definition) is 0. The molecular weight excluding hydrogens is 488 g/mol. The van der Waals surface area contributed by atoms with Crippen LogP contribution in [0.15, 0.2) is 113 Å². The van der Waals surface area contributed by atoms with E-state index in [1.165, 1.54) is 47.6 Å². The normalized spacial score (nSPS) is 17.9. The summed E-state index contributed by atoms with van der Waals surface area (Å²) in [7, 11) is 0. The molecule has 0 heterocycles. The molecule has 0 saturated heterocycles. The zero-order chi connectivity index (χ0) is 29.8. The number of rotatable bonds is 12. The Kier molecular flexibility index (Phi) is 12.6. The molecule has 1 aromatic rings. The van der Waals surface area contributed by atoms with Crippen molar-refractivity contribution in [2.24, 2.45) is 10.8 Å². The van der Waals surface area contributed by atoms with Crippen molar-refractivity contribution in [3.63, 3.8) is 0 Å². The maximum absolute atomic E-state index is 12.4. The first-order valence-corrected chi connectivity index (χ1v) is 14.5. The first-order valence-electron chi connectivity index (χ1n) is 14.5. The summed E-state index contributed by atoms with van der Waals surface area (Å²) < 4.78 is 5.52. The van der Waals surface area contributed by atoms with Gasteiger partial charge < -0.3 is 4.74 Å². The predicted molar refractivity (Wildman–Crippen MR) is 174 cm³/mol. The number of esters is 1. The zero-order valence-corrected chi connectivity index (χ0v) is 26.1. The van der Waals surface area contributed by atoms with E-state index in [9.17, 15) is 4.79 Å². The smallest absolute Gasteiger partial charge is 0.336 e. The van der Waals surface area contributed by atoms with Crippen molar-refractivity contribution in [3.8, 4) is 5.75 Å². The van der Waals surface area contributed by atoms with Crippen LogP contribution < -0.4 is 4.74 Å². The lowest BCUT2D eigenvalue weighted by Gasteiger charge is -2.32. The van der Waals surface area contributed by atoms with E-state index < -0.39 is 0 Å². The van der Waals surface area contributed by atoms with Gasteiger partial charge in [-0.05, 0) is 101 Å². The van der Waals surface area contributed by atoms with Gasteiger partial charge in [0.25, 0.3) is 0 Å². The number of carbonyl (C=O) groups excluding carboxylic acids is 1. The molecule has 1 aliphatic carbocycles. The van der Waals surface area contributed by atoms with Crippen LogP contribution in [-0.4, -0.2) is 5.97 Å². The summed E-state index contributed by atoms with van der Waals surface area (Å²) in [4.78, 5) is 12.4. The molecule has 0 spiro atoms. The maximum atomic E-state index is 12.4. The van der Waals surface area contributed by atoms with Gasteiger partial charge in [-0.15, -0.1) is 6.58 Å². The summed E-state index contributed by atoms with van der Waals surface area (Å²) in [5.74, 6) is 0.146. The monoisotopic (exact) mass is 538 g/mol. The molecule has 0 radical (unpaired) electrons. The molecule has 0 saturated carbocycles. The fourth-order valence-corrected chi connectivity index (χ4v) is 4.87. The van der Waals surface area contributed by atoms with E-state index in [0.29, 0.717) is 5.75 Å². The van der Waals surface area contributed by atoms with E-state index in [-0.39, 0.29) is 16.8 Å². The van der Waals surface area contributed by atoms with Gasteiger partial charge in [0.15, 0.2) is 0 Å². The molecule has 40 heavy (non-hydrogen) atoms. The van der Waals surface area contributed by atoms with Crippen LogP contribution in [0.4, 0.5) is 0 Å². The second kappa shape index (κ2) is 15.4. The minimum atomic E-state index is -0.383. The fraction of sp³-hybridized carbons (Fsp3) is 0.395. The molecule has 1 atom stereocenters. The minimum absolute atomic E-state index is 0.0696. The van der Waals surface area contributed by atoms with Gasteiger partial charge in [0.05, 0.1) is 0 Å². The standard InChI is InChI=1S/C38H50O2/c1-10-38(9,26-12-14-29(2)3)27-24-33-19-21-34(22-20-33)40-36(39)28-31(5)16-11-15-30(4)18-23-35-32(6)17-13-25-37(35,7)8/h10-11,14-16,18-24,27-28H,1,12-13,17,25-26H2,2-9H3/b16-11+,23-18+,27-24+,30-15+,31-28+/t38-/m0/s1. The van der Waals surface area contributed by atoms with Crippen LogP contribution in [0.3, 0.4) is 0 Å². The highest BCUT2D eigenvalue weighted by atomic mass is 16.5. The van der Waals surface area contributed by atoms with Crippen molar-refractivity contribution in [2.75, 3.05) is 0 Å². The molecule has 214 valence electrons.